The third-order valence-electron chi connectivity index (χ3n) is 6.08. The number of hydrogen-bond donors (Lipinski definition) is 2. The van der Waals surface area contributed by atoms with E-state index in [4.69, 9.17) is 0 Å². The van der Waals surface area contributed by atoms with Crippen LogP contribution < -0.4 is 5.32 Å². The van der Waals surface area contributed by atoms with Crippen molar-refractivity contribution in [3.8, 4) is 11.1 Å². The standard InChI is InChI=1S/C23H27F2N3/c1-15-18(9-10-20-23(15)28-14-27-20)19-8-7-17(21(24)22(19)25)13-26-12-11-16-5-3-2-4-6-16/h7-10,14,16,26H,2-6,11-13H2,1H3,(H,27,28). The molecule has 0 spiro atoms. The van der Waals surface area contributed by atoms with Gasteiger partial charge >= 0.3 is 0 Å². The summed E-state index contributed by atoms with van der Waals surface area (Å²) in [5, 5.41) is 3.29. The minimum atomic E-state index is -0.784. The molecule has 0 atom stereocenters. The quantitative estimate of drug-likeness (QED) is 0.522. The Labute approximate surface area is 164 Å². The summed E-state index contributed by atoms with van der Waals surface area (Å²) in [7, 11) is 0. The Bertz CT molecular complexity index is 958. The highest BCUT2D eigenvalue weighted by atomic mass is 19.2. The van der Waals surface area contributed by atoms with E-state index in [0.717, 1.165) is 35.5 Å². The van der Waals surface area contributed by atoms with E-state index < -0.39 is 11.6 Å². The Morgan fingerprint density at radius 2 is 1.82 bits per heavy atom. The molecule has 1 aliphatic carbocycles. The van der Waals surface area contributed by atoms with Crippen LogP contribution in [0.25, 0.3) is 22.2 Å². The summed E-state index contributed by atoms with van der Waals surface area (Å²) in [6.45, 7) is 3.10. The summed E-state index contributed by atoms with van der Waals surface area (Å²) in [5.74, 6) is -0.758. The second-order valence-electron chi connectivity index (χ2n) is 7.90. The van der Waals surface area contributed by atoms with Crippen LogP contribution in [-0.4, -0.2) is 16.5 Å². The number of fused-ring (bicyclic) bond motifs is 1. The van der Waals surface area contributed by atoms with Crippen LogP contribution in [0.5, 0.6) is 0 Å². The molecule has 0 aliphatic heterocycles. The van der Waals surface area contributed by atoms with E-state index in [1.165, 1.54) is 32.1 Å². The number of aryl methyl sites for hydroxylation is 1. The van der Waals surface area contributed by atoms with Gasteiger partial charge in [0.25, 0.3) is 0 Å². The second-order valence-corrected chi connectivity index (χ2v) is 7.90. The van der Waals surface area contributed by atoms with E-state index in [-0.39, 0.29) is 5.56 Å². The van der Waals surface area contributed by atoms with Crippen LogP contribution in [0.1, 0.15) is 49.7 Å². The first-order valence-electron chi connectivity index (χ1n) is 10.3. The van der Waals surface area contributed by atoms with E-state index in [1.807, 2.05) is 13.0 Å². The molecule has 1 aliphatic rings. The molecule has 2 N–H and O–H groups in total. The first-order chi connectivity index (χ1) is 13.6. The van der Waals surface area contributed by atoms with Gasteiger partial charge in [-0.1, -0.05) is 50.3 Å². The summed E-state index contributed by atoms with van der Waals surface area (Å²) in [5.41, 5.74) is 3.89. The highest BCUT2D eigenvalue weighted by Gasteiger charge is 2.18. The number of rotatable bonds is 6. The molecule has 2 aromatic carbocycles. The van der Waals surface area contributed by atoms with Gasteiger partial charge in [0.2, 0.25) is 0 Å². The molecule has 1 saturated carbocycles. The number of aromatic amines is 1. The molecule has 0 radical (unpaired) electrons. The van der Waals surface area contributed by atoms with Crippen LogP contribution in [0.15, 0.2) is 30.6 Å². The van der Waals surface area contributed by atoms with Crippen LogP contribution in [0.4, 0.5) is 8.78 Å². The van der Waals surface area contributed by atoms with E-state index in [9.17, 15) is 8.78 Å². The van der Waals surface area contributed by atoms with E-state index >= 15 is 0 Å². The molecular weight excluding hydrogens is 356 g/mol. The number of aromatic nitrogens is 2. The van der Waals surface area contributed by atoms with Gasteiger partial charge in [0, 0.05) is 17.7 Å². The van der Waals surface area contributed by atoms with Gasteiger partial charge in [0.15, 0.2) is 11.6 Å². The lowest BCUT2D eigenvalue weighted by Crippen LogP contribution is -2.20. The van der Waals surface area contributed by atoms with E-state index in [0.29, 0.717) is 17.7 Å². The molecule has 1 aromatic heterocycles. The Kier molecular flexibility index (Phi) is 5.72. The minimum Gasteiger partial charge on any atom is -0.344 e. The second kappa shape index (κ2) is 8.39. The maximum absolute atomic E-state index is 14.8. The van der Waals surface area contributed by atoms with Crippen molar-refractivity contribution < 1.29 is 8.78 Å². The molecule has 5 heteroatoms. The van der Waals surface area contributed by atoms with Crippen molar-refractivity contribution in [1.82, 2.24) is 15.3 Å². The number of halogens is 2. The minimum absolute atomic E-state index is 0.289. The monoisotopic (exact) mass is 383 g/mol. The molecule has 0 unspecified atom stereocenters. The number of hydrogen-bond acceptors (Lipinski definition) is 2. The fourth-order valence-corrected chi connectivity index (χ4v) is 4.38. The molecule has 3 aromatic rings. The highest BCUT2D eigenvalue weighted by molar-refractivity contribution is 5.86. The summed E-state index contributed by atoms with van der Waals surface area (Å²) in [6.07, 6.45) is 9.35. The first-order valence-corrected chi connectivity index (χ1v) is 10.3. The van der Waals surface area contributed by atoms with Crippen molar-refractivity contribution in [3.05, 3.63) is 53.4 Å². The predicted octanol–water partition coefficient (Wildman–Crippen LogP) is 5.88. The van der Waals surface area contributed by atoms with Crippen molar-refractivity contribution in [2.24, 2.45) is 5.92 Å². The number of benzene rings is 2. The molecule has 0 amide bonds. The maximum Gasteiger partial charge on any atom is 0.166 e. The van der Waals surface area contributed by atoms with Crippen molar-refractivity contribution >= 4 is 11.0 Å². The Balaban J connectivity index is 1.46. The van der Waals surface area contributed by atoms with E-state index in [2.05, 4.69) is 15.3 Å². The molecule has 1 fully saturated rings. The third kappa shape index (κ3) is 3.81. The largest absolute Gasteiger partial charge is 0.344 e. The number of nitrogens with one attached hydrogen (secondary N) is 2. The van der Waals surface area contributed by atoms with Gasteiger partial charge in [-0.15, -0.1) is 0 Å². The summed E-state index contributed by atoms with van der Waals surface area (Å²) < 4.78 is 29.5. The lowest BCUT2D eigenvalue weighted by Gasteiger charge is -2.21. The summed E-state index contributed by atoms with van der Waals surface area (Å²) in [6, 6.07) is 7.00. The van der Waals surface area contributed by atoms with Crippen LogP contribution in [0, 0.1) is 24.5 Å². The van der Waals surface area contributed by atoms with Gasteiger partial charge in [-0.3, -0.25) is 0 Å². The van der Waals surface area contributed by atoms with Gasteiger partial charge in [-0.25, -0.2) is 13.8 Å². The molecular formula is C23H27F2N3. The normalized spacial score (nSPS) is 15.4. The lowest BCUT2D eigenvalue weighted by molar-refractivity contribution is 0.333. The topological polar surface area (TPSA) is 40.7 Å². The van der Waals surface area contributed by atoms with Crippen molar-refractivity contribution in [2.75, 3.05) is 6.54 Å². The molecule has 3 nitrogen and oxygen atoms in total. The lowest BCUT2D eigenvalue weighted by atomic mass is 9.87. The van der Waals surface area contributed by atoms with Gasteiger partial charge in [0.05, 0.1) is 17.4 Å². The summed E-state index contributed by atoms with van der Waals surface area (Å²) >= 11 is 0. The van der Waals surface area contributed by atoms with Crippen LogP contribution in [0.3, 0.4) is 0 Å². The van der Waals surface area contributed by atoms with Crippen LogP contribution in [-0.2, 0) is 6.54 Å². The molecule has 0 bridgehead atoms. The predicted molar refractivity (Wildman–Crippen MR) is 109 cm³/mol. The van der Waals surface area contributed by atoms with Gasteiger partial charge < -0.3 is 10.3 Å². The van der Waals surface area contributed by atoms with Crippen molar-refractivity contribution in [1.29, 1.82) is 0 Å². The molecule has 28 heavy (non-hydrogen) atoms. The van der Waals surface area contributed by atoms with Crippen molar-refractivity contribution in [2.45, 2.75) is 52.0 Å². The summed E-state index contributed by atoms with van der Waals surface area (Å²) in [4.78, 5) is 7.28. The van der Waals surface area contributed by atoms with Crippen molar-refractivity contribution in [3.63, 3.8) is 0 Å². The zero-order valence-electron chi connectivity index (χ0n) is 16.3. The highest BCUT2D eigenvalue weighted by Crippen LogP contribution is 2.32. The maximum atomic E-state index is 14.8. The average Bonchev–Trinajstić information content (AvgIpc) is 3.20. The van der Waals surface area contributed by atoms with Gasteiger partial charge in [-0.2, -0.15) is 0 Å². The fourth-order valence-electron chi connectivity index (χ4n) is 4.38. The fraction of sp³-hybridized carbons (Fsp3) is 0.435. The molecule has 4 rings (SSSR count). The molecule has 0 saturated heterocycles. The average molecular weight is 383 g/mol. The van der Waals surface area contributed by atoms with E-state index in [1.54, 1.807) is 24.5 Å². The smallest absolute Gasteiger partial charge is 0.166 e. The number of nitrogens with zero attached hydrogens (tertiary/aromatic N) is 1. The third-order valence-corrected chi connectivity index (χ3v) is 6.08. The SMILES string of the molecule is Cc1c(-c2ccc(CNCCC3CCCCC3)c(F)c2F)ccc2nc[nH]c12. The Hall–Kier alpha value is -2.27. The number of H-pyrrole nitrogens is 1. The zero-order valence-corrected chi connectivity index (χ0v) is 16.3. The van der Waals surface area contributed by atoms with Gasteiger partial charge in [-0.05, 0) is 43.0 Å². The van der Waals surface area contributed by atoms with Gasteiger partial charge in [0.1, 0.15) is 0 Å². The Morgan fingerprint density at radius 1 is 1.04 bits per heavy atom. The van der Waals surface area contributed by atoms with Crippen LogP contribution >= 0.6 is 0 Å². The van der Waals surface area contributed by atoms with Crippen LogP contribution in [0.2, 0.25) is 0 Å². The number of imidazole rings is 1. The molecule has 1 heterocycles. The molecule has 148 valence electrons. The zero-order chi connectivity index (χ0) is 19.5. The first kappa shape index (κ1) is 19.1. The Morgan fingerprint density at radius 3 is 2.64 bits per heavy atom.